The van der Waals surface area contributed by atoms with E-state index in [-0.39, 0.29) is 5.92 Å². The second-order valence-corrected chi connectivity index (χ2v) is 6.86. The molecular formula is C11H13F3INO2S. The van der Waals surface area contributed by atoms with Gasteiger partial charge in [-0.15, -0.1) is 0 Å². The van der Waals surface area contributed by atoms with Crippen LogP contribution in [0, 0.1) is 23.4 Å². The Labute approximate surface area is 123 Å². The van der Waals surface area contributed by atoms with Crippen molar-refractivity contribution in [2.24, 2.45) is 5.92 Å². The molecule has 0 spiro atoms. The lowest BCUT2D eigenvalue weighted by atomic mass is 10.1. The van der Waals surface area contributed by atoms with Crippen LogP contribution in [0.4, 0.5) is 13.2 Å². The minimum Gasteiger partial charge on any atom is -0.207 e. The number of benzene rings is 1. The molecule has 1 unspecified atom stereocenters. The molecule has 0 amide bonds. The molecule has 3 nitrogen and oxygen atoms in total. The summed E-state index contributed by atoms with van der Waals surface area (Å²) in [7, 11) is -4.37. The van der Waals surface area contributed by atoms with E-state index < -0.39 is 38.4 Å². The Hall–Kier alpha value is -0.350. The molecule has 0 aliphatic heterocycles. The summed E-state index contributed by atoms with van der Waals surface area (Å²) in [6, 6.07) is 0.215. The van der Waals surface area contributed by atoms with Gasteiger partial charge in [-0.2, -0.15) is 0 Å². The molecule has 108 valence electrons. The standard InChI is InChI=1S/C11H13F3INO2S/c1-6(2)10(5-15)16-19(17,18)11-8(13)3-7(12)4-9(11)14/h3-4,6,10,16H,5H2,1-2H3. The summed E-state index contributed by atoms with van der Waals surface area (Å²) >= 11 is 1.97. The first-order valence-electron chi connectivity index (χ1n) is 5.42. The molecule has 0 saturated heterocycles. The summed E-state index contributed by atoms with van der Waals surface area (Å²) in [6.45, 7) is 3.56. The molecule has 19 heavy (non-hydrogen) atoms. The van der Waals surface area contributed by atoms with E-state index in [9.17, 15) is 21.6 Å². The second kappa shape index (κ2) is 6.40. The Morgan fingerprint density at radius 2 is 1.68 bits per heavy atom. The molecule has 0 fully saturated rings. The fourth-order valence-corrected chi connectivity index (χ4v) is 4.43. The van der Waals surface area contributed by atoms with Crippen molar-refractivity contribution in [2.75, 3.05) is 4.43 Å². The van der Waals surface area contributed by atoms with E-state index in [1.54, 1.807) is 13.8 Å². The maximum atomic E-state index is 13.5. The Morgan fingerprint density at radius 3 is 2.05 bits per heavy atom. The topological polar surface area (TPSA) is 46.2 Å². The Kier molecular flexibility index (Phi) is 5.63. The van der Waals surface area contributed by atoms with Crippen LogP contribution >= 0.6 is 22.6 Å². The second-order valence-electron chi connectivity index (χ2n) is 4.32. The maximum absolute atomic E-state index is 13.5. The molecule has 0 saturated carbocycles. The van der Waals surface area contributed by atoms with Crippen LogP contribution in [0.5, 0.6) is 0 Å². The van der Waals surface area contributed by atoms with Crippen molar-refractivity contribution in [3.8, 4) is 0 Å². The third-order valence-corrected chi connectivity index (χ3v) is 5.00. The molecule has 1 N–H and O–H groups in total. The average Bonchev–Trinajstić information content (AvgIpc) is 2.23. The molecular weight excluding hydrogens is 394 g/mol. The molecule has 0 aromatic heterocycles. The molecule has 0 aliphatic rings. The molecule has 1 aromatic rings. The van der Waals surface area contributed by atoms with Crippen LogP contribution in [0.2, 0.25) is 0 Å². The van der Waals surface area contributed by atoms with Gasteiger partial charge < -0.3 is 0 Å². The predicted molar refractivity (Wildman–Crippen MR) is 74.2 cm³/mol. The van der Waals surface area contributed by atoms with Crippen molar-refractivity contribution < 1.29 is 21.6 Å². The van der Waals surface area contributed by atoms with Crippen LogP contribution in [-0.4, -0.2) is 18.9 Å². The fourth-order valence-electron chi connectivity index (χ4n) is 1.39. The Balaban J connectivity index is 3.21. The van der Waals surface area contributed by atoms with Crippen molar-refractivity contribution in [1.82, 2.24) is 4.72 Å². The maximum Gasteiger partial charge on any atom is 0.246 e. The van der Waals surface area contributed by atoms with Crippen molar-refractivity contribution >= 4 is 32.6 Å². The average molecular weight is 407 g/mol. The van der Waals surface area contributed by atoms with Gasteiger partial charge in [-0.05, 0) is 5.92 Å². The lowest BCUT2D eigenvalue weighted by Gasteiger charge is -2.20. The zero-order chi connectivity index (χ0) is 14.8. The predicted octanol–water partition coefficient (Wildman–Crippen LogP) is 2.84. The van der Waals surface area contributed by atoms with Gasteiger partial charge in [0.25, 0.3) is 0 Å². The van der Waals surface area contributed by atoms with Crippen LogP contribution in [0.3, 0.4) is 0 Å². The van der Waals surface area contributed by atoms with E-state index in [4.69, 9.17) is 0 Å². The van der Waals surface area contributed by atoms with Crippen molar-refractivity contribution in [1.29, 1.82) is 0 Å². The first-order valence-corrected chi connectivity index (χ1v) is 8.42. The van der Waals surface area contributed by atoms with Crippen molar-refractivity contribution in [3.63, 3.8) is 0 Å². The van der Waals surface area contributed by atoms with Crippen LogP contribution in [0.1, 0.15) is 13.8 Å². The highest BCUT2D eigenvalue weighted by atomic mass is 127. The molecule has 1 rings (SSSR count). The summed E-state index contributed by atoms with van der Waals surface area (Å²) in [5.41, 5.74) is 0. The van der Waals surface area contributed by atoms with Gasteiger partial charge in [0.05, 0.1) is 0 Å². The van der Waals surface area contributed by atoms with Gasteiger partial charge in [0.1, 0.15) is 17.5 Å². The first kappa shape index (κ1) is 16.7. The van der Waals surface area contributed by atoms with Gasteiger partial charge >= 0.3 is 0 Å². The SMILES string of the molecule is CC(C)C(CI)NS(=O)(=O)c1c(F)cc(F)cc1F. The van der Waals surface area contributed by atoms with Crippen LogP contribution in [0.15, 0.2) is 17.0 Å². The number of hydrogen-bond acceptors (Lipinski definition) is 2. The van der Waals surface area contributed by atoms with Gasteiger partial charge in [-0.1, -0.05) is 36.4 Å². The number of alkyl halides is 1. The summed E-state index contributed by atoms with van der Waals surface area (Å²) in [5.74, 6) is -4.09. The van der Waals surface area contributed by atoms with E-state index in [2.05, 4.69) is 4.72 Å². The first-order chi connectivity index (χ1) is 8.69. The molecule has 1 aromatic carbocycles. The van der Waals surface area contributed by atoms with Gasteiger partial charge in [-0.3, -0.25) is 0 Å². The molecule has 8 heteroatoms. The molecule has 1 atom stereocenters. The number of halogens is 4. The molecule has 0 bridgehead atoms. The number of rotatable bonds is 5. The minimum absolute atomic E-state index is 0.0433. The monoisotopic (exact) mass is 407 g/mol. The largest absolute Gasteiger partial charge is 0.246 e. The summed E-state index contributed by atoms with van der Waals surface area (Å²) in [5, 5.41) is 0. The minimum atomic E-state index is -4.37. The highest BCUT2D eigenvalue weighted by Crippen LogP contribution is 2.21. The number of sulfonamides is 1. The molecule has 0 heterocycles. The highest BCUT2D eigenvalue weighted by molar-refractivity contribution is 14.1. The molecule has 0 aliphatic carbocycles. The van der Waals surface area contributed by atoms with Crippen molar-refractivity contribution in [3.05, 3.63) is 29.6 Å². The van der Waals surface area contributed by atoms with Gasteiger partial charge in [0, 0.05) is 22.6 Å². The van der Waals surface area contributed by atoms with Gasteiger partial charge in [0.15, 0.2) is 4.90 Å². The third-order valence-electron chi connectivity index (χ3n) is 2.51. The summed E-state index contributed by atoms with van der Waals surface area (Å²) in [4.78, 5) is -1.15. The van der Waals surface area contributed by atoms with E-state index >= 15 is 0 Å². The smallest absolute Gasteiger partial charge is 0.207 e. The van der Waals surface area contributed by atoms with E-state index in [1.165, 1.54) is 0 Å². The zero-order valence-electron chi connectivity index (χ0n) is 10.3. The van der Waals surface area contributed by atoms with Crippen LogP contribution in [-0.2, 0) is 10.0 Å². The molecule has 0 radical (unpaired) electrons. The lowest BCUT2D eigenvalue weighted by Crippen LogP contribution is -2.40. The number of hydrogen-bond donors (Lipinski definition) is 1. The Bertz CT molecular complexity index is 540. The number of nitrogens with one attached hydrogen (secondary N) is 1. The third kappa shape index (κ3) is 4.06. The van der Waals surface area contributed by atoms with E-state index in [1.807, 2.05) is 22.6 Å². The van der Waals surface area contributed by atoms with Crippen LogP contribution < -0.4 is 4.72 Å². The zero-order valence-corrected chi connectivity index (χ0v) is 13.2. The summed E-state index contributed by atoms with van der Waals surface area (Å²) in [6.07, 6.45) is 0. The van der Waals surface area contributed by atoms with E-state index in [0.717, 1.165) is 0 Å². The van der Waals surface area contributed by atoms with E-state index in [0.29, 0.717) is 16.6 Å². The Morgan fingerprint density at radius 1 is 1.21 bits per heavy atom. The quantitative estimate of drug-likeness (QED) is 0.603. The summed E-state index contributed by atoms with van der Waals surface area (Å²) < 4.78 is 66.2. The van der Waals surface area contributed by atoms with Crippen molar-refractivity contribution in [2.45, 2.75) is 24.8 Å². The van der Waals surface area contributed by atoms with Crippen LogP contribution in [0.25, 0.3) is 0 Å². The normalized spacial score (nSPS) is 13.8. The fraction of sp³-hybridized carbons (Fsp3) is 0.455. The highest BCUT2D eigenvalue weighted by Gasteiger charge is 2.28. The lowest BCUT2D eigenvalue weighted by molar-refractivity contribution is 0.468. The van der Waals surface area contributed by atoms with Gasteiger partial charge in [-0.25, -0.2) is 26.3 Å². The van der Waals surface area contributed by atoms with Gasteiger partial charge in [0.2, 0.25) is 10.0 Å².